The van der Waals surface area contributed by atoms with E-state index in [0.717, 1.165) is 12.5 Å². The minimum absolute atomic E-state index is 0.281. The van der Waals surface area contributed by atoms with Gasteiger partial charge in [0.25, 0.3) is 0 Å². The van der Waals surface area contributed by atoms with Crippen LogP contribution in [0.5, 0.6) is 5.75 Å². The minimum atomic E-state index is -3.67. The SMILES string of the molecule is CS(=O)(=O)NOB(ONS(C)(=O)=O)Oc1ccccc1. The number of rotatable bonds is 8. The summed E-state index contributed by atoms with van der Waals surface area (Å²) in [6.45, 7) is 0. The molecule has 20 heavy (non-hydrogen) atoms. The molecule has 0 aromatic heterocycles. The highest BCUT2D eigenvalue weighted by atomic mass is 32.2. The Balaban J connectivity index is 2.68. The lowest BCUT2D eigenvalue weighted by Crippen LogP contribution is -2.43. The summed E-state index contributed by atoms with van der Waals surface area (Å²) in [5.74, 6) is 0.281. The number of para-hydroxylation sites is 1. The van der Waals surface area contributed by atoms with Crippen molar-refractivity contribution in [2.24, 2.45) is 0 Å². The van der Waals surface area contributed by atoms with Crippen LogP contribution in [-0.4, -0.2) is 36.7 Å². The van der Waals surface area contributed by atoms with E-state index in [1.807, 2.05) is 0 Å². The molecule has 0 saturated carbocycles. The molecule has 112 valence electrons. The fourth-order valence-electron chi connectivity index (χ4n) is 0.936. The van der Waals surface area contributed by atoms with E-state index in [2.05, 4.69) is 9.51 Å². The molecule has 0 aliphatic carbocycles. The van der Waals surface area contributed by atoms with E-state index in [9.17, 15) is 16.8 Å². The van der Waals surface area contributed by atoms with Gasteiger partial charge in [-0.05, 0) is 12.1 Å². The van der Waals surface area contributed by atoms with Gasteiger partial charge in [0.05, 0.1) is 12.5 Å². The Bertz CT molecular complexity index is 583. The molecule has 12 heteroatoms. The average molecular weight is 324 g/mol. The zero-order valence-electron chi connectivity index (χ0n) is 10.6. The largest absolute Gasteiger partial charge is 0.750 e. The molecular weight excluding hydrogens is 311 g/mol. The van der Waals surface area contributed by atoms with Crippen molar-refractivity contribution in [3.05, 3.63) is 30.3 Å². The third kappa shape index (κ3) is 8.09. The predicted octanol–water partition coefficient (Wildman–Crippen LogP) is -0.988. The quantitative estimate of drug-likeness (QED) is 0.465. The molecule has 0 unspecified atom stereocenters. The molecule has 0 spiro atoms. The zero-order chi connectivity index (χ0) is 15.2. The highest BCUT2D eigenvalue weighted by Gasteiger charge is 2.28. The predicted molar refractivity (Wildman–Crippen MR) is 71.0 cm³/mol. The third-order valence-corrected chi connectivity index (χ3v) is 2.36. The number of benzene rings is 1. The Labute approximate surface area is 117 Å². The number of nitrogens with one attached hydrogen (secondary N) is 2. The second-order valence-corrected chi connectivity index (χ2v) is 7.09. The highest BCUT2D eigenvalue weighted by Crippen LogP contribution is 2.10. The summed E-state index contributed by atoms with van der Waals surface area (Å²) < 4.78 is 57.9. The summed E-state index contributed by atoms with van der Waals surface area (Å²) in [7, 11) is -9.00. The first-order valence-electron chi connectivity index (χ1n) is 5.12. The average Bonchev–Trinajstić information content (AvgIpc) is 2.32. The van der Waals surface area contributed by atoms with Crippen LogP contribution in [0.15, 0.2) is 30.3 Å². The lowest BCUT2D eigenvalue weighted by molar-refractivity contribution is 0.0994. The monoisotopic (exact) mass is 324 g/mol. The van der Waals surface area contributed by atoms with Crippen LogP contribution in [0, 0.1) is 0 Å². The van der Waals surface area contributed by atoms with E-state index in [4.69, 9.17) is 4.65 Å². The maximum Gasteiger partial charge on any atom is 0.750 e. The van der Waals surface area contributed by atoms with E-state index in [1.54, 1.807) is 40.1 Å². The Hall–Kier alpha value is -1.18. The van der Waals surface area contributed by atoms with Crippen LogP contribution < -0.4 is 14.4 Å². The summed E-state index contributed by atoms with van der Waals surface area (Å²) in [5, 5.41) is 0. The first-order valence-corrected chi connectivity index (χ1v) is 8.90. The van der Waals surface area contributed by atoms with Crippen molar-refractivity contribution < 1.29 is 31.0 Å². The molecule has 0 aliphatic rings. The van der Waals surface area contributed by atoms with Crippen LogP contribution in [-0.2, 0) is 29.6 Å². The highest BCUT2D eigenvalue weighted by molar-refractivity contribution is 7.88. The smallest absolute Gasteiger partial charge is 0.510 e. The van der Waals surface area contributed by atoms with Gasteiger partial charge in [0.2, 0.25) is 20.0 Å². The van der Waals surface area contributed by atoms with E-state index in [0.29, 0.717) is 0 Å². The maximum atomic E-state index is 10.9. The van der Waals surface area contributed by atoms with Crippen molar-refractivity contribution in [3.8, 4) is 5.75 Å². The summed E-state index contributed by atoms with van der Waals surface area (Å²) in [4.78, 5) is 3.33. The van der Waals surface area contributed by atoms with Crippen LogP contribution in [0.3, 0.4) is 0 Å². The molecule has 1 aromatic rings. The number of hydrogen-bond donors (Lipinski definition) is 2. The Morgan fingerprint density at radius 3 is 1.75 bits per heavy atom. The van der Waals surface area contributed by atoms with Crippen molar-refractivity contribution in [1.29, 1.82) is 0 Å². The number of hydrogen-bond acceptors (Lipinski definition) is 7. The van der Waals surface area contributed by atoms with Crippen LogP contribution in [0.4, 0.5) is 0 Å². The molecule has 2 N–H and O–H groups in total. The van der Waals surface area contributed by atoms with Gasteiger partial charge in [-0.3, -0.25) is 9.51 Å². The van der Waals surface area contributed by atoms with Gasteiger partial charge in [0.15, 0.2) is 0 Å². The molecule has 0 saturated heterocycles. The molecule has 0 heterocycles. The molecule has 0 radical (unpaired) electrons. The van der Waals surface area contributed by atoms with Crippen LogP contribution >= 0.6 is 0 Å². The van der Waals surface area contributed by atoms with Crippen molar-refractivity contribution in [2.75, 3.05) is 12.5 Å². The van der Waals surface area contributed by atoms with Gasteiger partial charge in [-0.15, -0.1) is 9.77 Å². The standard InChI is InChI=1S/C8H13BN2O7S2/c1-19(12,13)10-17-9(18-11-20(2,14)15)16-8-6-4-3-5-7-8/h3-7,10-11H,1-2H3. The topological polar surface area (TPSA) is 120 Å². The van der Waals surface area contributed by atoms with Gasteiger partial charge in [-0.1, -0.05) is 18.2 Å². The van der Waals surface area contributed by atoms with E-state index in [1.165, 1.54) is 0 Å². The number of sulfonamides is 2. The maximum absolute atomic E-state index is 10.9. The van der Waals surface area contributed by atoms with Crippen LogP contribution in [0.1, 0.15) is 0 Å². The van der Waals surface area contributed by atoms with Gasteiger partial charge < -0.3 is 4.65 Å². The third-order valence-electron chi connectivity index (χ3n) is 1.57. The molecule has 0 atom stereocenters. The fourth-order valence-corrected chi connectivity index (χ4v) is 1.44. The van der Waals surface area contributed by atoms with Crippen molar-refractivity contribution >= 4 is 27.4 Å². The summed E-state index contributed by atoms with van der Waals surface area (Å²) in [5.41, 5.74) is 0. The molecule has 9 nitrogen and oxygen atoms in total. The second kappa shape index (κ2) is 7.01. The first kappa shape index (κ1) is 16.9. The Kier molecular flexibility index (Phi) is 5.92. The normalized spacial score (nSPS) is 12.1. The lowest BCUT2D eigenvalue weighted by atomic mass is 10.2. The molecule has 0 bridgehead atoms. The van der Waals surface area contributed by atoms with E-state index < -0.39 is 27.4 Å². The van der Waals surface area contributed by atoms with Crippen molar-refractivity contribution in [2.45, 2.75) is 0 Å². The molecular formula is C8H13BN2O7S2. The molecule has 1 rings (SSSR count). The zero-order valence-corrected chi connectivity index (χ0v) is 12.3. The minimum Gasteiger partial charge on any atom is -0.510 e. The van der Waals surface area contributed by atoms with Crippen molar-refractivity contribution in [1.82, 2.24) is 9.77 Å². The van der Waals surface area contributed by atoms with Gasteiger partial charge in [0, 0.05) is 0 Å². The van der Waals surface area contributed by atoms with Gasteiger partial charge in [-0.2, -0.15) is 0 Å². The van der Waals surface area contributed by atoms with E-state index >= 15 is 0 Å². The fraction of sp³-hybridized carbons (Fsp3) is 0.250. The second-order valence-electron chi connectivity index (χ2n) is 3.67. The Morgan fingerprint density at radius 1 is 0.900 bits per heavy atom. The summed E-state index contributed by atoms with van der Waals surface area (Å²) in [6, 6.07) is 8.12. The van der Waals surface area contributed by atoms with E-state index in [-0.39, 0.29) is 5.75 Å². The molecule has 0 amide bonds. The summed E-state index contributed by atoms with van der Waals surface area (Å²) in [6.07, 6.45) is 1.69. The van der Waals surface area contributed by atoms with Gasteiger partial charge >= 0.3 is 7.32 Å². The summed E-state index contributed by atoms with van der Waals surface area (Å²) >= 11 is 0. The lowest BCUT2D eigenvalue weighted by Gasteiger charge is -2.14. The molecule has 0 fully saturated rings. The van der Waals surface area contributed by atoms with Crippen LogP contribution in [0.2, 0.25) is 0 Å². The van der Waals surface area contributed by atoms with Crippen LogP contribution in [0.25, 0.3) is 0 Å². The first-order chi connectivity index (χ1) is 9.16. The van der Waals surface area contributed by atoms with Crippen molar-refractivity contribution in [3.63, 3.8) is 0 Å². The van der Waals surface area contributed by atoms with Gasteiger partial charge in [0.1, 0.15) is 5.75 Å². The molecule has 1 aromatic carbocycles. The Morgan fingerprint density at radius 2 is 1.35 bits per heavy atom. The van der Waals surface area contributed by atoms with Gasteiger partial charge in [-0.25, -0.2) is 16.8 Å². The molecule has 0 aliphatic heterocycles.